The van der Waals surface area contributed by atoms with Crippen molar-refractivity contribution in [2.24, 2.45) is 0 Å². The van der Waals surface area contributed by atoms with Crippen molar-refractivity contribution in [1.29, 1.82) is 0 Å². The lowest BCUT2D eigenvalue weighted by atomic mass is 10.3. The minimum atomic E-state index is -3.74. The third-order valence-electron chi connectivity index (χ3n) is 3.34. The van der Waals surface area contributed by atoms with E-state index in [0.29, 0.717) is 5.75 Å². The van der Waals surface area contributed by atoms with E-state index in [1.54, 1.807) is 24.3 Å². The number of hydrogen-bond acceptors (Lipinski definition) is 4. The molecule has 0 atom stereocenters. The van der Waals surface area contributed by atoms with Crippen molar-refractivity contribution in [3.8, 4) is 5.75 Å². The third-order valence-corrected chi connectivity index (χ3v) is 4.54. The lowest BCUT2D eigenvalue weighted by Crippen LogP contribution is -2.39. The summed E-state index contributed by atoms with van der Waals surface area (Å²) in [6.07, 6.45) is 0.939. The summed E-state index contributed by atoms with van der Waals surface area (Å²) in [5.41, 5.74) is -0.0267. The Morgan fingerprint density at radius 1 is 1.12 bits per heavy atom. The number of sulfonamides is 1. The number of ether oxygens (including phenoxy) is 1. The van der Waals surface area contributed by atoms with Crippen molar-refractivity contribution in [1.82, 2.24) is 5.32 Å². The minimum absolute atomic E-state index is 0.0248. The molecule has 0 aliphatic carbocycles. The van der Waals surface area contributed by atoms with E-state index in [1.807, 2.05) is 6.07 Å². The molecule has 6 nitrogen and oxygen atoms in total. The van der Waals surface area contributed by atoms with Gasteiger partial charge in [0, 0.05) is 12.6 Å². The highest BCUT2D eigenvalue weighted by Gasteiger charge is 2.19. The van der Waals surface area contributed by atoms with Gasteiger partial charge in [-0.15, -0.1) is 0 Å². The number of amides is 1. The molecule has 2 aromatic carbocycles. The predicted molar refractivity (Wildman–Crippen MR) is 93.5 cm³/mol. The van der Waals surface area contributed by atoms with Gasteiger partial charge in [-0.1, -0.05) is 18.2 Å². The lowest BCUT2D eigenvalue weighted by Gasteiger charge is -2.22. The third kappa shape index (κ3) is 5.69. The van der Waals surface area contributed by atoms with Gasteiger partial charge in [0.25, 0.3) is 5.91 Å². The van der Waals surface area contributed by atoms with E-state index in [2.05, 4.69) is 5.32 Å². The van der Waals surface area contributed by atoms with Crippen LogP contribution in [0.25, 0.3) is 0 Å². The topological polar surface area (TPSA) is 75.7 Å². The van der Waals surface area contributed by atoms with Crippen LogP contribution in [0.3, 0.4) is 0 Å². The molecule has 0 saturated heterocycles. The van der Waals surface area contributed by atoms with Crippen LogP contribution in [0, 0.1) is 11.6 Å². The first-order chi connectivity index (χ1) is 12.3. The van der Waals surface area contributed by atoms with E-state index < -0.39 is 27.6 Å². The van der Waals surface area contributed by atoms with Gasteiger partial charge >= 0.3 is 0 Å². The molecule has 0 aliphatic rings. The summed E-state index contributed by atoms with van der Waals surface area (Å²) in [5, 5.41) is 2.51. The molecule has 1 N–H and O–H groups in total. The minimum Gasteiger partial charge on any atom is -0.484 e. The van der Waals surface area contributed by atoms with Crippen molar-refractivity contribution in [2.45, 2.75) is 0 Å². The molecule has 0 heterocycles. The van der Waals surface area contributed by atoms with Gasteiger partial charge in [-0.25, -0.2) is 17.2 Å². The molecule has 0 aromatic heterocycles. The number of hydrogen-bond donors (Lipinski definition) is 1. The monoisotopic (exact) mass is 384 g/mol. The highest BCUT2D eigenvalue weighted by molar-refractivity contribution is 7.92. The molecule has 0 saturated carbocycles. The van der Waals surface area contributed by atoms with Crippen LogP contribution in [0.2, 0.25) is 0 Å². The molecular weight excluding hydrogens is 366 g/mol. The number of benzene rings is 2. The average Bonchev–Trinajstić information content (AvgIpc) is 2.59. The maximum Gasteiger partial charge on any atom is 0.258 e. The Kier molecular flexibility index (Phi) is 6.51. The van der Waals surface area contributed by atoms with Crippen molar-refractivity contribution < 1.29 is 26.7 Å². The number of anilines is 1. The maximum absolute atomic E-state index is 13.4. The summed E-state index contributed by atoms with van der Waals surface area (Å²) >= 11 is 0. The number of halogens is 2. The first-order valence-electron chi connectivity index (χ1n) is 7.64. The Morgan fingerprint density at radius 2 is 1.81 bits per heavy atom. The fraction of sp³-hybridized carbons (Fsp3) is 0.235. The molecule has 9 heteroatoms. The Morgan fingerprint density at radius 3 is 2.42 bits per heavy atom. The molecule has 26 heavy (non-hydrogen) atoms. The van der Waals surface area contributed by atoms with Crippen LogP contribution in [0.4, 0.5) is 14.5 Å². The van der Waals surface area contributed by atoms with Gasteiger partial charge in [-0.2, -0.15) is 0 Å². The molecular formula is C17H18F2N2O4S. The second-order valence-electron chi connectivity index (χ2n) is 5.39. The van der Waals surface area contributed by atoms with Crippen LogP contribution in [0.1, 0.15) is 0 Å². The molecule has 1 amide bonds. The Bertz CT molecular complexity index is 860. The largest absolute Gasteiger partial charge is 0.484 e. The summed E-state index contributed by atoms with van der Waals surface area (Å²) < 4.78 is 56.3. The molecule has 140 valence electrons. The molecule has 0 radical (unpaired) electrons. The van der Waals surface area contributed by atoms with Crippen LogP contribution >= 0.6 is 0 Å². The summed E-state index contributed by atoms with van der Waals surface area (Å²) in [6, 6.07) is 11.5. The van der Waals surface area contributed by atoms with E-state index in [-0.39, 0.29) is 25.4 Å². The molecule has 0 aliphatic heterocycles. The van der Waals surface area contributed by atoms with Crippen LogP contribution in [-0.4, -0.2) is 40.3 Å². The summed E-state index contributed by atoms with van der Waals surface area (Å²) in [4.78, 5) is 11.8. The number of rotatable bonds is 8. The van der Waals surface area contributed by atoms with E-state index in [4.69, 9.17) is 4.74 Å². The van der Waals surface area contributed by atoms with Crippen molar-refractivity contribution in [2.75, 3.05) is 30.3 Å². The Balaban J connectivity index is 1.91. The van der Waals surface area contributed by atoms with Gasteiger partial charge in [0.05, 0.1) is 18.5 Å². The molecule has 2 aromatic rings. The smallest absolute Gasteiger partial charge is 0.258 e. The number of nitrogens with zero attached hydrogens (tertiary/aromatic N) is 1. The van der Waals surface area contributed by atoms with Crippen molar-refractivity contribution in [3.05, 3.63) is 60.2 Å². The quantitative estimate of drug-likeness (QED) is 0.755. The van der Waals surface area contributed by atoms with Crippen LogP contribution in [-0.2, 0) is 14.8 Å². The fourth-order valence-corrected chi connectivity index (χ4v) is 3.06. The lowest BCUT2D eigenvalue weighted by molar-refractivity contribution is -0.123. The number of carbonyl (C=O) groups excluding carboxylic acids is 1. The summed E-state index contributed by atoms with van der Waals surface area (Å²) in [5.74, 6) is -2.14. The second-order valence-corrected chi connectivity index (χ2v) is 7.29. The van der Waals surface area contributed by atoms with Gasteiger partial charge in [-0.05, 0) is 24.3 Å². The van der Waals surface area contributed by atoms with Crippen LogP contribution in [0.15, 0.2) is 48.5 Å². The first-order valence-corrected chi connectivity index (χ1v) is 9.49. The maximum atomic E-state index is 13.4. The number of para-hydroxylation sites is 1. The normalized spacial score (nSPS) is 11.0. The van der Waals surface area contributed by atoms with E-state index in [9.17, 15) is 22.0 Å². The van der Waals surface area contributed by atoms with Crippen LogP contribution in [0.5, 0.6) is 5.75 Å². The number of nitrogens with one attached hydrogen (secondary N) is 1. The van der Waals surface area contributed by atoms with Gasteiger partial charge in [0.2, 0.25) is 10.0 Å². The Labute approximate surface area is 150 Å². The fourth-order valence-electron chi connectivity index (χ4n) is 2.14. The van der Waals surface area contributed by atoms with E-state index >= 15 is 0 Å². The zero-order valence-corrected chi connectivity index (χ0v) is 14.8. The van der Waals surface area contributed by atoms with Gasteiger partial charge in [-0.3, -0.25) is 9.10 Å². The molecule has 0 unspecified atom stereocenters. The van der Waals surface area contributed by atoms with Crippen LogP contribution < -0.4 is 14.4 Å². The first kappa shape index (κ1) is 19.6. The van der Waals surface area contributed by atoms with Crippen molar-refractivity contribution in [3.63, 3.8) is 0 Å². The average molecular weight is 384 g/mol. The molecule has 2 rings (SSSR count). The molecule has 0 fully saturated rings. The zero-order chi connectivity index (χ0) is 19.2. The molecule has 0 bridgehead atoms. The predicted octanol–water partition coefficient (Wildman–Crippen LogP) is 1.93. The SMILES string of the molecule is CS(=O)(=O)N(CCNC(=O)COc1ccccc1)c1ccc(F)c(F)c1. The van der Waals surface area contributed by atoms with Gasteiger partial charge in [0.1, 0.15) is 5.75 Å². The highest BCUT2D eigenvalue weighted by Crippen LogP contribution is 2.20. The van der Waals surface area contributed by atoms with E-state index in [1.165, 1.54) is 0 Å². The second kappa shape index (κ2) is 8.61. The zero-order valence-electron chi connectivity index (χ0n) is 14.0. The Hall–Kier alpha value is -2.68. The standard InChI is InChI=1S/C17H18F2N2O4S/c1-26(23,24)21(13-7-8-15(18)16(19)11-13)10-9-20-17(22)12-25-14-5-3-2-4-6-14/h2-8,11H,9-10,12H2,1H3,(H,20,22). The van der Waals surface area contributed by atoms with E-state index in [0.717, 1.165) is 28.8 Å². The number of carbonyl (C=O) groups is 1. The van der Waals surface area contributed by atoms with Gasteiger partial charge < -0.3 is 10.1 Å². The molecule has 0 spiro atoms. The van der Waals surface area contributed by atoms with Gasteiger partial charge in [0.15, 0.2) is 18.2 Å². The summed E-state index contributed by atoms with van der Waals surface area (Å²) in [6.45, 7) is -0.391. The van der Waals surface area contributed by atoms with Crippen molar-refractivity contribution >= 4 is 21.6 Å². The highest BCUT2D eigenvalue weighted by atomic mass is 32.2. The summed E-state index contributed by atoms with van der Waals surface area (Å²) in [7, 11) is -3.74.